The fourth-order valence-electron chi connectivity index (χ4n) is 4.33. The molecule has 1 aromatic carbocycles. The monoisotopic (exact) mass is 328 g/mol. The van der Waals surface area contributed by atoms with Crippen LogP contribution in [0.15, 0.2) is 24.4 Å². The van der Waals surface area contributed by atoms with Crippen molar-refractivity contribution in [3.05, 3.63) is 24.4 Å². The summed E-state index contributed by atoms with van der Waals surface area (Å²) < 4.78 is 7.71. The first-order valence-electron chi connectivity index (χ1n) is 8.65. The number of carbonyl (C=O) groups is 1. The number of nitrogens with one attached hydrogen (secondary N) is 2. The Hall–Kier alpha value is -2.08. The van der Waals surface area contributed by atoms with Gasteiger partial charge in [0, 0.05) is 41.6 Å². The maximum atomic E-state index is 12.4. The number of rotatable bonds is 3. The smallest absolute Gasteiger partial charge is 0.319 e. The molecule has 4 rings (SSSR count). The molecule has 1 aliphatic heterocycles. The van der Waals surface area contributed by atoms with Gasteiger partial charge in [0.05, 0.1) is 17.8 Å². The predicted molar refractivity (Wildman–Crippen MR) is 93.0 cm³/mol. The molecule has 1 aliphatic carbocycles. The number of nitrogens with zero attached hydrogens (tertiary/aromatic N) is 2. The highest BCUT2D eigenvalue weighted by atomic mass is 16.5. The first-order chi connectivity index (χ1) is 11.5. The van der Waals surface area contributed by atoms with Crippen LogP contribution < -0.4 is 10.6 Å². The molecule has 2 fully saturated rings. The molecule has 1 saturated heterocycles. The van der Waals surface area contributed by atoms with Gasteiger partial charge in [0.15, 0.2) is 0 Å². The highest BCUT2D eigenvalue weighted by molar-refractivity contribution is 5.92. The summed E-state index contributed by atoms with van der Waals surface area (Å²) >= 11 is 0. The van der Waals surface area contributed by atoms with Crippen LogP contribution >= 0.6 is 0 Å². The Bertz CT molecular complexity index is 782. The molecule has 3 atom stereocenters. The second-order valence-electron chi connectivity index (χ2n) is 7.38. The Kier molecular flexibility index (Phi) is 3.53. The van der Waals surface area contributed by atoms with Gasteiger partial charge in [0.1, 0.15) is 0 Å². The molecule has 0 spiro atoms. The molecule has 24 heavy (non-hydrogen) atoms. The van der Waals surface area contributed by atoms with E-state index in [0.717, 1.165) is 36.2 Å². The van der Waals surface area contributed by atoms with Crippen molar-refractivity contribution in [1.82, 2.24) is 15.1 Å². The van der Waals surface area contributed by atoms with Gasteiger partial charge in [-0.15, -0.1) is 0 Å². The largest absolute Gasteiger partial charge is 0.377 e. The second kappa shape index (κ2) is 5.48. The van der Waals surface area contributed by atoms with Crippen LogP contribution in [-0.2, 0) is 11.3 Å². The number of hydrogen-bond donors (Lipinski definition) is 2. The van der Waals surface area contributed by atoms with E-state index >= 15 is 0 Å². The molecule has 2 N–H and O–H groups in total. The maximum Gasteiger partial charge on any atom is 0.319 e. The van der Waals surface area contributed by atoms with Crippen LogP contribution in [0.1, 0.15) is 27.2 Å². The number of urea groups is 1. The van der Waals surface area contributed by atoms with E-state index in [1.807, 2.05) is 29.1 Å². The van der Waals surface area contributed by atoms with Crippen LogP contribution in [0.4, 0.5) is 10.5 Å². The Balaban J connectivity index is 1.46. The summed E-state index contributed by atoms with van der Waals surface area (Å²) in [5.41, 5.74) is 1.80. The van der Waals surface area contributed by atoms with Crippen LogP contribution in [0.25, 0.3) is 10.9 Å². The number of benzene rings is 1. The number of aromatic nitrogens is 2. The van der Waals surface area contributed by atoms with Crippen molar-refractivity contribution < 1.29 is 9.53 Å². The summed E-state index contributed by atoms with van der Waals surface area (Å²) in [5, 5.41) is 11.5. The maximum absolute atomic E-state index is 12.4. The molecule has 2 aliphatic rings. The average Bonchev–Trinajstić information content (AvgIpc) is 3.17. The number of carbonyl (C=O) groups excluding carboxylic acids is 1. The number of amides is 2. The molecule has 128 valence electrons. The van der Waals surface area contributed by atoms with Gasteiger partial charge in [-0.1, -0.05) is 13.8 Å². The highest BCUT2D eigenvalue weighted by Gasteiger charge is 2.59. The van der Waals surface area contributed by atoms with E-state index < -0.39 is 0 Å². The lowest BCUT2D eigenvalue weighted by Crippen LogP contribution is -2.67. The van der Waals surface area contributed by atoms with E-state index in [9.17, 15) is 4.79 Å². The lowest BCUT2D eigenvalue weighted by molar-refractivity contribution is -0.107. The van der Waals surface area contributed by atoms with Crippen molar-refractivity contribution in [2.45, 2.75) is 45.9 Å². The normalized spacial score (nSPS) is 27.5. The number of ether oxygens (including phenoxy) is 1. The molecular formula is C18H24N4O2. The zero-order valence-electron chi connectivity index (χ0n) is 14.4. The molecule has 0 bridgehead atoms. The average molecular weight is 328 g/mol. The third kappa shape index (κ3) is 2.28. The number of fused-ring (bicyclic) bond motifs is 2. The van der Waals surface area contributed by atoms with Crippen molar-refractivity contribution in [2.24, 2.45) is 11.3 Å². The molecule has 1 aromatic heterocycles. The van der Waals surface area contributed by atoms with Crippen molar-refractivity contribution in [1.29, 1.82) is 0 Å². The van der Waals surface area contributed by atoms with Crippen molar-refractivity contribution in [2.75, 3.05) is 11.9 Å². The molecule has 1 saturated carbocycles. The van der Waals surface area contributed by atoms with Gasteiger partial charge in [-0.25, -0.2) is 4.79 Å². The van der Waals surface area contributed by atoms with E-state index in [1.165, 1.54) is 0 Å². The Morgan fingerprint density at radius 1 is 1.46 bits per heavy atom. The van der Waals surface area contributed by atoms with Gasteiger partial charge in [0.25, 0.3) is 0 Å². The van der Waals surface area contributed by atoms with E-state index in [4.69, 9.17) is 4.74 Å². The fourth-order valence-corrected chi connectivity index (χ4v) is 4.33. The van der Waals surface area contributed by atoms with E-state index in [-0.39, 0.29) is 23.6 Å². The summed E-state index contributed by atoms with van der Waals surface area (Å²) in [6.45, 7) is 7.99. The quantitative estimate of drug-likeness (QED) is 0.910. The first kappa shape index (κ1) is 15.4. The third-order valence-corrected chi connectivity index (χ3v) is 5.59. The molecule has 0 radical (unpaired) electrons. The minimum atomic E-state index is -0.152. The van der Waals surface area contributed by atoms with Crippen molar-refractivity contribution >= 4 is 22.6 Å². The Labute approximate surface area is 141 Å². The van der Waals surface area contributed by atoms with Gasteiger partial charge in [-0.05, 0) is 31.5 Å². The third-order valence-electron chi connectivity index (χ3n) is 5.59. The standard InChI is InChI=1S/C18H24N4O2/c1-4-22-14-9-12(6-5-11(14)10-19-22)20-17(23)21-15-13-7-8-24-16(13)18(15,2)3/h5-6,9-10,13,15-16H,4,7-8H2,1-3H3,(H2,20,21,23)/t13-,15+,16-/m0/s1. The molecule has 2 amide bonds. The number of anilines is 1. The summed E-state index contributed by atoms with van der Waals surface area (Å²) in [5.74, 6) is 0.440. The topological polar surface area (TPSA) is 68.2 Å². The molecule has 2 aromatic rings. The van der Waals surface area contributed by atoms with Crippen molar-refractivity contribution in [3.63, 3.8) is 0 Å². The Morgan fingerprint density at radius 3 is 3.08 bits per heavy atom. The highest BCUT2D eigenvalue weighted by Crippen LogP contribution is 2.52. The zero-order chi connectivity index (χ0) is 16.9. The lowest BCUT2D eigenvalue weighted by atomic mass is 9.57. The lowest BCUT2D eigenvalue weighted by Gasteiger charge is -2.54. The number of hydrogen-bond acceptors (Lipinski definition) is 3. The zero-order valence-corrected chi connectivity index (χ0v) is 14.4. The van der Waals surface area contributed by atoms with Crippen molar-refractivity contribution in [3.8, 4) is 0 Å². The van der Waals surface area contributed by atoms with Crippen LogP contribution in [0, 0.1) is 11.3 Å². The Morgan fingerprint density at radius 2 is 2.29 bits per heavy atom. The molecule has 2 heterocycles. The molecule has 6 heteroatoms. The van der Waals surface area contributed by atoms with Crippen LogP contribution in [0.2, 0.25) is 0 Å². The van der Waals surface area contributed by atoms with Gasteiger partial charge in [-0.3, -0.25) is 4.68 Å². The van der Waals surface area contributed by atoms with Gasteiger partial charge >= 0.3 is 6.03 Å². The van der Waals surface area contributed by atoms with Gasteiger partial charge in [-0.2, -0.15) is 5.10 Å². The first-order valence-corrected chi connectivity index (χ1v) is 8.65. The fraction of sp³-hybridized carbons (Fsp3) is 0.556. The minimum Gasteiger partial charge on any atom is -0.377 e. The molecule has 6 nitrogen and oxygen atoms in total. The summed E-state index contributed by atoms with van der Waals surface area (Å²) in [7, 11) is 0. The van der Waals surface area contributed by atoms with Crippen LogP contribution in [0.3, 0.4) is 0 Å². The summed E-state index contributed by atoms with van der Waals surface area (Å²) in [4.78, 5) is 12.4. The number of aryl methyl sites for hydroxylation is 1. The van der Waals surface area contributed by atoms with Crippen LogP contribution in [-0.4, -0.2) is 34.6 Å². The van der Waals surface area contributed by atoms with Gasteiger partial charge < -0.3 is 15.4 Å². The molecule has 0 unspecified atom stereocenters. The second-order valence-corrected chi connectivity index (χ2v) is 7.38. The summed E-state index contributed by atoms with van der Waals surface area (Å²) in [6, 6.07) is 5.88. The SMILES string of the molecule is CCn1ncc2ccc(NC(=O)N[C@@H]3[C@@H]4CCO[C@@H]4C3(C)C)cc21. The van der Waals surface area contributed by atoms with Gasteiger partial charge in [0.2, 0.25) is 0 Å². The predicted octanol–water partition coefficient (Wildman–Crippen LogP) is 2.99. The van der Waals surface area contributed by atoms with E-state index in [1.54, 1.807) is 0 Å². The summed E-state index contributed by atoms with van der Waals surface area (Å²) in [6.07, 6.45) is 3.15. The minimum absolute atomic E-state index is 0.0106. The van der Waals surface area contributed by atoms with E-state index in [0.29, 0.717) is 5.92 Å². The molecular weight excluding hydrogens is 304 g/mol. The van der Waals surface area contributed by atoms with E-state index in [2.05, 4.69) is 36.5 Å². The van der Waals surface area contributed by atoms with Crippen LogP contribution in [0.5, 0.6) is 0 Å².